The molecule has 1 saturated heterocycles. The number of hydrogen-bond acceptors (Lipinski definition) is 4. The van der Waals surface area contributed by atoms with Gasteiger partial charge in [-0.1, -0.05) is 0 Å². The Balaban J connectivity index is 2.27. The van der Waals surface area contributed by atoms with Crippen molar-refractivity contribution in [3.8, 4) is 0 Å². The lowest BCUT2D eigenvalue weighted by molar-refractivity contribution is -0.148. The molecule has 0 aromatic carbocycles. The highest BCUT2D eigenvalue weighted by molar-refractivity contribution is 5.71. The Morgan fingerprint density at radius 2 is 2.20 bits per heavy atom. The minimum Gasteiger partial charge on any atom is -0.462 e. The maximum absolute atomic E-state index is 11.4. The Morgan fingerprint density at radius 1 is 1.53 bits per heavy atom. The van der Waals surface area contributed by atoms with Crippen LogP contribution in [0.3, 0.4) is 0 Å². The number of carbonyl (C=O) groups is 1. The fraction of sp³-hybridized carbons (Fsp3) is 0.909. The van der Waals surface area contributed by atoms with E-state index < -0.39 is 0 Å². The summed E-state index contributed by atoms with van der Waals surface area (Å²) in [7, 11) is 4.17. The van der Waals surface area contributed by atoms with Gasteiger partial charge in [0.1, 0.15) is 0 Å². The van der Waals surface area contributed by atoms with E-state index in [-0.39, 0.29) is 12.1 Å². The Morgan fingerprint density at radius 3 is 2.67 bits per heavy atom. The molecule has 0 spiro atoms. The van der Waals surface area contributed by atoms with Crippen molar-refractivity contribution in [2.75, 3.05) is 33.7 Å². The summed E-state index contributed by atoms with van der Waals surface area (Å²) < 4.78 is 5.11. The summed E-state index contributed by atoms with van der Waals surface area (Å²) in [6.45, 7) is 6.16. The largest absolute Gasteiger partial charge is 0.462 e. The topological polar surface area (TPSA) is 32.8 Å². The van der Waals surface area contributed by atoms with Gasteiger partial charge in [0, 0.05) is 19.1 Å². The first-order chi connectivity index (χ1) is 6.99. The molecule has 1 rings (SSSR count). The van der Waals surface area contributed by atoms with Crippen LogP contribution in [0.5, 0.6) is 0 Å². The lowest BCUT2D eigenvalue weighted by atomic mass is 10.2. The lowest BCUT2D eigenvalue weighted by Gasteiger charge is -2.20. The molecule has 1 unspecified atom stereocenters. The molecule has 0 aliphatic carbocycles. The summed E-state index contributed by atoms with van der Waals surface area (Å²) in [6, 6.07) is 0.580. The van der Waals surface area contributed by atoms with Crippen LogP contribution in [0.1, 0.15) is 20.3 Å². The van der Waals surface area contributed by atoms with E-state index in [4.69, 9.17) is 4.74 Å². The van der Waals surface area contributed by atoms with Crippen molar-refractivity contribution in [3.63, 3.8) is 0 Å². The van der Waals surface area contributed by atoms with E-state index in [0.717, 1.165) is 19.5 Å². The Labute approximate surface area is 92.2 Å². The first kappa shape index (κ1) is 12.5. The number of hydrogen-bond donors (Lipinski definition) is 0. The van der Waals surface area contributed by atoms with Gasteiger partial charge in [0.05, 0.1) is 12.6 Å². The third-order valence-electron chi connectivity index (χ3n) is 2.70. The standard InChI is InChI=1S/C11H22N2O2/c1-9(2)15-11(14)8-13-6-5-10(7-13)12(3)4/h9-10H,5-8H2,1-4H3. The molecule has 1 aliphatic heterocycles. The lowest BCUT2D eigenvalue weighted by Crippen LogP contribution is -2.34. The van der Waals surface area contributed by atoms with Crippen LogP contribution in [0.15, 0.2) is 0 Å². The monoisotopic (exact) mass is 214 g/mol. The van der Waals surface area contributed by atoms with E-state index in [0.29, 0.717) is 12.6 Å². The summed E-state index contributed by atoms with van der Waals surface area (Å²) in [5.74, 6) is -0.107. The molecule has 4 heteroatoms. The average Bonchev–Trinajstić information content (AvgIpc) is 2.50. The molecular formula is C11H22N2O2. The number of carbonyl (C=O) groups excluding carboxylic acids is 1. The molecular weight excluding hydrogens is 192 g/mol. The van der Waals surface area contributed by atoms with Crippen molar-refractivity contribution in [1.82, 2.24) is 9.80 Å². The molecule has 0 radical (unpaired) electrons. The highest BCUT2D eigenvalue weighted by atomic mass is 16.5. The quantitative estimate of drug-likeness (QED) is 0.641. The number of likely N-dealkylation sites (tertiary alicyclic amines) is 1. The van der Waals surface area contributed by atoms with Crippen LogP contribution in [-0.2, 0) is 9.53 Å². The normalized spacial score (nSPS) is 22.7. The van der Waals surface area contributed by atoms with Crippen LogP contribution in [-0.4, -0.2) is 61.6 Å². The second-order valence-electron chi connectivity index (χ2n) is 4.68. The predicted molar refractivity (Wildman–Crippen MR) is 59.8 cm³/mol. The smallest absolute Gasteiger partial charge is 0.320 e. The van der Waals surface area contributed by atoms with Crippen LogP contribution in [0, 0.1) is 0 Å². The van der Waals surface area contributed by atoms with Crippen molar-refractivity contribution < 1.29 is 9.53 Å². The highest BCUT2D eigenvalue weighted by Crippen LogP contribution is 2.12. The summed E-state index contributed by atoms with van der Waals surface area (Å²) in [6.07, 6.45) is 1.13. The van der Waals surface area contributed by atoms with Gasteiger partial charge < -0.3 is 9.64 Å². The fourth-order valence-electron chi connectivity index (χ4n) is 1.86. The molecule has 0 N–H and O–H groups in total. The molecule has 1 fully saturated rings. The van der Waals surface area contributed by atoms with Gasteiger partial charge in [-0.2, -0.15) is 0 Å². The third kappa shape index (κ3) is 4.18. The second kappa shape index (κ2) is 5.47. The van der Waals surface area contributed by atoms with Crippen LogP contribution in [0.2, 0.25) is 0 Å². The van der Waals surface area contributed by atoms with Crippen LogP contribution in [0.4, 0.5) is 0 Å². The average molecular weight is 214 g/mol. The maximum Gasteiger partial charge on any atom is 0.320 e. The molecule has 0 bridgehead atoms. The van der Waals surface area contributed by atoms with E-state index in [1.54, 1.807) is 0 Å². The number of nitrogens with zero attached hydrogens (tertiary/aromatic N) is 2. The zero-order chi connectivity index (χ0) is 11.4. The van der Waals surface area contributed by atoms with E-state index in [1.807, 2.05) is 13.8 Å². The minimum atomic E-state index is -0.107. The molecule has 4 nitrogen and oxygen atoms in total. The van der Waals surface area contributed by atoms with Gasteiger partial charge in [0.2, 0.25) is 0 Å². The van der Waals surface area contributed by atoms with Gasteiger partial charge >= 0.3 is 5.97 Å². The highest BCUT2D eigenvalue weighted by Gasteiger charge is 2.25. The Hall–Kier alpha value is -0.610. The van der Waals surface area contributed by atoms with Gasteiger partial charge in [-0.15, -0.1) is 0 Å². The Bertz CT molecular complexity index is 217. The molecule has 0 amide bonds. The molecule has 1 heterocycles. The predicted octanol–water partition coefficient (Wildman–Crippen LogP) is 0.574. The number of rotatable bonds is 4. The molecule has 0 saturated carbocycles. The van der Waals surface area contributed by atoms with Crippen molar-refractivity contribution in [3.05, 3.63) is 0 Å². The molecule has 1 atom stereocenters. The van der Waals surface area contributed by atoms with Gasteiger partial charge in [-0.05, 0) is 34.4 Å². The SMILES string of the molecule is CC(C)OC(=O)CN1CCC(N(C)C)C1. The molecule has 1 aliphatic rings. The number of ether oxygens (including phenoxy) is 1. The summed E-state index contributed by atoms with van der Waals surface area (Å²) in [4.78, 5) is 15.8. The fourth-order valence-corrected chi connectivity index (χ4v) is 1.86. The van der Waals surface area contributed by atoms with E-state index >= 15 is 0 Å². The van der Waals surface area contributed by atoms with Crippen molar-refractivity contribution in [2.24, 2.45) is 0 Å². The summed E-state index contributed by atoms with van der Waals surface area (Å²) >= 11 is 0. The van der Waals surface area contributed by atoms with Crippen molar-refractivity contribution >= 4 is 5.97 Å². The van der Waals surface area contributed by atoms with E-state index in [2.05, 4.69) is 23.9 Å². The van der Waals surface area contributed by atoms with Gasteiger partial charge in [-0.25, -0.2) is 0 Å². The van der Waals surface area contributed by atoms with Crippen LogP contribution >= 0.6 is 0 Å². The van der Waals surface area contributed by atoms with E-state index in [1.165, 1.54) is 0 Å². The third-order valence-corrected chi connectivity index (χ3v) is 2.70. The van der Waals surface area contributed by atoms with Crippen molar-refractivity contribution in [1.29, 1.82) is 0 Å². The number of likely N-dealkylation sites (N-methyl/N-ethyl adjacent to an activating group) is 1. The molecule has 15 heavy (non-hydrogen) atoms. The number of esters is 1. The molecule has 0 aromatic rings. The van der Waals surface area contributed by atoms with E-state index in [9.17, 15) is 4.79 Å². The zero-order valence-corrected chi connectivity index (χ0v) is 10.2. The van der Waals surface area contributed by atoms with Crippen LogP contribution < -0.4 is 0 Å². The Kier molecular flexibility index (Phi) is 4.54. The second-order valence-corrected chi connectivity index (χ2v) is 4.68. The molecule has 0 aromatic heterocycles. The van der Waals surface area contributed by atoms with Gasteiger partial charge in [-0.3, -0.25) is 9.69 Å². The van der Waals surface area contributed by atoms with Crippen molar-refractivity contribution in [2.45, 2.75) is 32.4 Å². The first-order valence-electron chi connectivity index (χ1n) is 5.57. The maximum atomic E-state index is 11.4. The minimum absolute atomic E-state index is 0.00949. The van der Waals surface area contributed by atoms with Gasteiger partial charge in [0.25, 0.3) is 0 Å². The summed E-state index contributed by atoms with van der Waals surface area (Å²) in [5.41, 5.74) is 0. The van der Waals surface area contributed by atoms with Crippen LogP contribution in [0.25, 0.3) is 0 Å². The summed E-state index contributed by atoms with van der Waals surface area (Å²) in [5, 5.41) is 0. The van der Waals surface area contributed by atoms with Gasteiger partial charge in [0.15, 0.2) is 0 Å². The molecule has 88 valence electrons. The zero-order valence-electron chi connectivity index (χ0n) is 10.2. The first-order valence-corrected chi connectivity index (χ1v) is 5.57.